The van der Waals surface area contributed by atoms with Crippen LogP contribution < -0.4 is 5.32 Å². The van der Waals surface area contributed by atoms with Gasteiger partial charge in [0, 0.05) is 43.7 Å². The number of rotatable bonds is 7. The van der Waals surface area contributed by atoms with Gasteiger partial charge < -0.3 is 14.8 Å². The fourth-order valence-electron chi connectivity index (χ4n) is 3.83. The van der Waals surface area contributed by atoms with Gasteiger partial charge in [-0.05, 0) is 23.6 Å². The van der Waals surface area contributed by atoms with Crippen LogP contribution in [0.25, 0.3) is 0 Å². The highest BCUT2D eigenvalue weighted by Gasteiger charge is 2.25. The number of ether oxygens (including phenoxy) is 2. The third-order valence-electron chi connectivity index (χ3n) is 5.11. The van der Waals surface area contributed by atoms with Crippen LogP contribution in [0.1, 0.15) is 25.5 Å². The topological polar surface area (TPSA) is 54.0 Å². The number of carbonyl (C=O) groups is 1. The van der Waals surface area contributed by atoms with Gasteiger partial charge in [0.05, 0.1) is 32.0 Å². The molecule has 2 saturated heterocycles. The van der Waals surface area contributed by atoms with Crippen LogP contribution in [0, 0.1) is 5.92 Å². The van der Waals surface area contributed by atoms with Gasteiger partial charge in [-0.25, -0.2) is 0 Å². The minimum Gasteiger partial charge on any atom is -0.374 e. The number of carbonyl (C=O) groups excluding carboxylic acids is 1. The first kappa shape index (κ1) is 21.7. The molecule has 2 aliphatic rings. The first-order valence-corrected chi connectivity index (χ1v) is 11.0. The summed E-state index contributed by atoms with van der Waals surface area (Å²) in [5, 5.41) is 3.06. The molecule has 1 N–H and O–H groups in total. The molecule has 1 aromatic carbocycles. The predicted molar refractivity (Wildman–Crippen MR) is 113 cm³/mol. The van der Waals surface area contributed by atoms with Crippen LogP contribution in [-0.2, 0) is 14.3 Å². The van der Waals surface area contributed by atoms with Gasteiger partial charge in [0.2, 0.25) is 5.91 Å². The van der Waals surface area contributed by atoms with Crippen LogP contribution in [0.3, 0.4) is 0 Å². The highest BCUT2D eigenvalue weighted by atomic mass is 79.9. The van der Waals surface area contributed by atoms with Crippen LogP contribution >= 0.6 is 15.9 Å². The van der Waals surface area contributed by atoms with Crippen LogP contribution in [-0.4, -0.2) is 80.8 Å². The van der Waals surface area contributed by atoms with Gasteiger partial charge in [0.15, 0.2) is 0 Å². The second-order valence-corrected chi connectivity index (χ2v) is 9.02. The molecular weight excluding hydrogens is 422 g/mol. The average molecular weight is 454 g/mol. The summed E-state index contributed by atoms with van der Waals surface area (Å²) in [5.41, 5.74) is 1.14. The molecule has 156 valence electrons. The first-order chi connectivity index (χ1) is 13.5. The molecule has 3 rings (SSSR count). The average Bonchev–Trinajstić information content (AvgIpc) is 2.66. The van der Waals surface area contributed by atoms with E-state index in [2.05, 4.69) is 57.0 Å². The standard InChI is InChI=1S/C21H32BrN3O3/c1-16(2)12-24-6-8-27-19(13-24)11-23-21(26)15-25-7-9-28-20(14-25)17-4-3-5-18(22)10-17/h3-5,10,16,19-20H,6-9,11-15H2,1-2H3,(H,23,26). The van der Waals surface area contributed by atoms with Crippen molar-refractivity contribution in [2.75, 3.05) is 59.0 Å². The Bertz CT molecular complexity index is 643. The molecule has 2 fully saturated rings. The lowest BCUT2D eigenvalue weighted by atomic mass is 10.1. The molecule has 0 aliphatic carbocycles. The molecular formula is C21H32BrN3O3. The van der Waals surface area contributed by atoms with E-state index in [1.807, 2.05) is 12.1 Å². The second kappa shape index (κ2) is 10.7. The maximum atomic E-state index is 12.4. The molecule has 2 heterocycles. The lowest BCUT2D eigenvalue weighted by molar-refractivity contribution is -0.125. The summed E-state index contributed by atoms with van der Waals surface area (Å²) in [6, 6.07) is 8.17. The number of morpholine rings is 2. The summed E-state index contributed by atoms with van der Waals surface area (Å²) >= 11 is 3.51. The van der Waals surface area contributed by atoms with Crippen molar-refractivity contribution >= 4 is 21.8 Å². The predicted octanol–water partition coefficient (Wildman–Crippen LogP) is 2.30. The minimum atomic E-state index is 0.00493. The Morgan fingerprint density at radius 2 is 2.00 bits per heavy atom. The zero-order valence-corrected chi connectivity index (χ0v) is 18.5. The highest BCUT2D eigenvalue weighted by molar-refractivity contribution is 9.10. The maximum Gasteiger partial charge on any atom is 0.234 e. The van der Waals surface area contributed by atoms with Crippen LogP contribution in [0.2, 0.25) is 0 Å². The third kappa shape index (κ3) is 6.81. The Balaban J connectivity index is 1.42. The van der Waals surface area contributed by atoms with E-state index in [4.69, 9.17) is 9.47 Å². The first-order valence-electron chi connectivity index (χ1n) is 10.2. The zero-order chi connectivity index (χ0) is 19.9. The summed E-state index contributed by atoms with van der Waals surface area (Å²) in [6.07, 6.45) is 0.0841. The molecule has 0 aromatic heterocycles. The lowest BCUT2D eigenvalue weighted by Gasteiger charge is -2.34. The molecule has 0 spiro atoms. The number of hydrogen-bond acceptors (Lipinski definition) is 5. The Morgan fingerprint density at radius 3 is 2.79 bits per heavy atom. The van der Waals surface area contributed by atoms with E-state index in [0.29, 0.717) is 25.6 Å². The Morgan fingerprint density at radius 1 is 1.21 bits per heavy atom. The third-order valence-corrected chi connectivity index (χ3v) is 5.60. The van der Waals surface area contributed by atoms with E-state index in [0.717, 1.165) is 49.4 Å². The maximum absolute atomic E-state index is 12.4. The number of nitrogens with one attached hydrogen (secondary N) is 1. The Hall–Kier alpha value is -0.990. The van der Waals surface area contributed by atoms with Gasteiger partial charge in [-0.3, -0.25) is 14.6 Å². The van der Waals surface area contributed by atoms with Crippen LogP contribution in [0.5, 0.6) is 0 Å². The molecule has 0 radical (unpaired) electrons. The quantitative estimate of drug-likeness (QED) is 0.686. The lowest BCUT2D eigenvalue weighted by Crippen LogP contribution is -2.50. The van der Waals surface area contributed by atoms with E-state index in [9.17, 15) is 4.79 Å². The Kier molecular flexibility index (Phi) is 8.29. The van der Waals surface area contributed by atoms with Gasteiger partial charge in [0.1, 0.15) is 0 Å². The number of halogens is 1. The highest BCUT2D eigenvalue weighted by Crippen LogP contribution is 2.24. The molecule has 6 nitrogen and oxygen atoms in total. The van der Waals surface area contributed by atoms with E-state index < -0.39 is 0 Å². The zero-order valence-electron chi connectivity index (χ0n) is 16.9. The van der Waals surface area contributed by atoms with Crippen molar-refractivity contribution in [2.24, 2.45) is 5.92 Å². The van der Waals surface area contributed by atoms with Crippen molar-refractivity contribution in [2.45, 2.75) is 26.1 Å². The normalized spacial score (nSPS) is 24.4. The molecule has 0 saturated carbocycles. The van der Waals surface area contributed by atoms with E-state index in [-0.39, 0.29) is 18.1 Å². The molecule has 1 amide bonds. The summed E-state index contributed by atoms with van der Waals surface area (Å²) in [5.74, 6) is 0.701. The number of hydrogen-bond donors (Lipinski definition) is 1. The molecule has 2 aliphatic heterocycles. The summed E-state index contributed by atoms with van der Waals surface area (Å²) < 4.78 is 12.8. The number of benzene rings is 1. The molecule has 28 heavy (non-hydrogen) atoms. The Labute approximate surface area is 176 Å². The molecule has 1 aromatic rings. The van der Waals surface area contributed by atoms with Crippen molar-refractivity contribution in [3.63, 3.8) is 0 Å². The van der Waals surface area contributed by atoms with Gasteiger partial charge in [-0.1, -0.05) is 41.9 Å². The molecule has 2 atom stereocenters. The second-order valence-electron chi connectivity index (χ2n) is 8.10. The van der Waals surface area contributed by atoms with Gasteiger partial charge >= 0.3 is 0 Å². The molecule has 7 heteroatoms. The van der Waals surface area contributed by atoms with E-state index >= 15 is 0 Å². The van der Waals surface area contributed by atoms with Gasteiger partial charge in [-0.2, -0.15) is 0 Å². The fourth-order valence-corrected chi connectivity index (χ4v) is 4.24. The smallest absolute Gasteiger partial charge is 0.234 e. The minimum absolute atomic E-state index is 0.00493. The number of amides is 1. The summed E-state index contributed by atoms with van der Waals surface area (Å²) in [6.45, 7) is 11.3. The van der Waals surface area contributed by atoms with Crippen molar-refractivity contribution in [3.8, 4) is 0 Å². The van der Waals surface area contributed by atoms with Crippen molar-refractivity contribution in [1.29, 1.82) is 0 Å². The SMILES string of the molecule is CC(C)CN1CCOC(CNC(=O)CN2CCOC(c3cccc(Br)c3)C2)C1. The van der Waals surface area contributed by atoms with Gasteiger partial charge in [-0.15, -0.1) is 0 Å². The van der Waals surface area contributed by atoms with E-state index in [1.54, 1.807) is 0 Å². The van der Waals surface area contributed by atoms with Crippen molar-refractivity contribution in [1.82, 2.24) is 15.1 Å². The number of nitrogens with zero attached hydrogens (tertiary/aromatic N) is 2. The summed E-state index contributed by atoms with van der Waals surface area (Å²) in [7, 11) is 0. The van der Waals surface area contributed by atoms with Crippen molar-refractivity contribution < 1.29 is 14.3 Å². The van der Waals surface area contributed by atoms with Crippen LogP contribution in [0.4, 0.5) is 0 Å². The summed E-state index contributed by atoms with van der Waals surface area (Å²) in [4.78, 5) is 17.0. The van der Waals surface area contributed by atoms with Crippen LogP contribution in [0.15, 0.2) is 28.7 Å². The fraction of sp³-hybridized carbons (Fsp3) is 0.667. The molecule has 0 bridgehead atoms. The van der Waals surface area contributed by atoms with E-state index in [1.165, 1.54) is 0 Å². The monoisotopic (exact) mass is 453 g/mol. The molecule has 2 unspecified atom stereocenters. The largest absolute Gasteiger partial charge is 0.374 e. The van der Waals surface area contributed by atoms with Gasteiger partial charge in [0.25, 0.3) is 0 Å². The van der Waals surface area contributed by atoms with Crippen molar-refractivity contribution in [3.05, 3.63) is 34.3 Å².